The van der Waals surface area contributed by atoms with Gasteiger partial charge in [0.05, 0.1) is 10.9 Å². The molecule has 1 aliphatic heterocycles. The van der Waals surface area contributed by atoms with Gasteiger partial charge in [-0.05, 0) is 30.7 Å². The van der Waals surface area contributed by atoms with E-state index in [1.54, 1.807) is 11.4 Å². The first-order valence-corrected chi connectivity index (χ1v) is 9.71. The van der Waals surface area contributed by atoms with Gasteiger partial charge in [-0.25, -0.2) is 8.42 Å². The van der Waals surface area contributed by atoms with E-state index < -0.39 is 10.0 Å². The minimum atomic E-state index is -3.44. The van der Waals surface area contributed by atoms with Crippen LogP contribution >= 0.6 is 11.3 Å². The van der Waals surface area contributed by atoms with Gasteiger partial charge in [0.2, 0.25) is 10.0 Å². The number of amides is 1. The molecule has 1 atom stereocenters. The molecule has 1 aliphatic carbocycles. The third kappa shape index (κ3) is 2.22. The average molecular weight is 352 g/mol. The molecule has 2 aliphatic rings. The van der Waals surface area contributed by atoms with Gasteiger partial charge in [-0.1, -0.05) is 0 Å². The molecular formula is C14H16N4O3S2. The van der Waals surface area contributed by atoms with Crippen molar-refractivity contribution >= 4 is 27.3 Å². The zero-order valence-electron chi connectivity index (χ0n) is 12.5. The van der Waals surface area contributed by atoms with Crippen LogP contribution in [0, 0.1) is 0 Å². The molecule has 0 aromatic carbocycles. The van der Waals surface area contributed by atoms with Gasteiger partial charge in [-0.15, -0.1) is 11.3 Å². The molecule has 0 radical (unpaired) electrons. The molecule has 23 heavy (non-hydrogen) atoms. The Morgan fingerprint density at radius 3 is 3.13 bits per heavy atom. The maximum Gasteiger partial charge on any atom is 0.272 e. The molecule has 0 bridgehead atoms. The lowest BCUT2D eigenvalue weighted by Crippen LogP contribution is -2.43. The molecule has 2 N–H and O–H groups in total. The van der Waals surface area contributed by atoms with Crippen LogP contribution in [0.5, 0.6) is 0 Å². The number of sulfonamides is 1. The van der Waals surface area contributed by atoms with E-state index in [-0.39, 0.29) is 23.4 Å². The minimum absolute atomic E-state index is 0.230. The summed E-state index contributed by atoms with van der Waals surface area (Å²) >= 11 is 1.35. The van der Waals surface area contributed by atoms with Crippen LogP contribution in [0.25, 0.3) is 0 Å². The number of thiophene rings is 1. The summed E-state index contributed by atoms with van der Waals surface area (Å²) in [5.41, 5.74) is 2.47. The lowest BCUT2D eigenvalue weighted by Gasteiger charge is -2.29. The van der Waals surface area contributed by atoms with Crippen LogP contribution in [-0.2, 0) is 22.9 Å². The van der Waals surface area contributed by atoms with Gasteiger partial charge in [-0.3, -0.25) is 9.89 Å². The molecule has 2 aromatic rings. The number of H-pyrrole nitrogens is 1. The Labute approximate surface area is 137 Å². The second kappa shape index (κ2) is 5.15. The van der Waals surface area contributed by atoms with Crippen molar-refractivity contribution in [3.8, 4) is 0 Å². The van der Waals surface area contributed by atoms with Gasteiger partial charge in [0.1, 0.15) is 0 Å². The molecule has 0 fully saturated rings. The quantitative estimate of drug-likeness (QED) is 0.845. The minimum Gasteiger partial charge on any atom is -0.342 e. The number of nitrogens with one attached hydrogen (secondary N) is 2. The number of carbonyl (C=O) groups excluding carboxylic acids is 1. The highest BCUT2D eigenvalue weighted by Crippen LogP contribution is 2.35. The van der Waals surface area contributed by atoms with Crippen molar-refractivity contribution in [3.05, 3.63) is 33.3 Å². The van der Waals surface area contributed by atoms with Gasteiger partial charge in [-0.2, -0.15) is 9.40 Å². The van der Waals surface area contributed by atoms with Crippen molar-refractivity contribution in [1.82, 2.24) is 19.8 Å². The van der Waals surface area contributed by atoms with E-state index in [1.807, 2.05) is 0 Å². The summed E-state index contributed by atoms with van der Waals surface area (Å²) in [6, 6.07) is 1.25. The number of nitrogens with zero attached hydrogens (tertiary/aromatic N) is 2. The fraction of sp³-hybridized carbons (Fsp3) is 0.429. The van der Waals surface area contributed by atoms with Crippen molar-refractivity contribution in [2.24, 2.45) is 0 Å². The van der Waals surface area contributed by atoms with Crippen LogP contribution in [0.2, 0.25) is 0 Å². The summed E-state index contributed by atoms with van der Waals surface area (Å²) in [5.74, 6) is -0.249. The molecule has 3 heterocycles. The fourth-order valence-corrected chi connectivity index (χ4v) is 5.92. The lowest BCUT2D eigenvalue weighted by atomic mass is 10.1. The third-order valence-electron chi connectivity index (χ3n) is 4.43. The Hall–Kier alpha value is -1.71. The predicted octanol–water partition coefficient (Wildman–Crippen LogP) is 1.07. The van der Waals surface area contributed by atoms with Crippen LogP contribution in [0.15, 0.2) is 16.3 Å². The van der Waals surface area contributed by atoms with E-state index in [1.165, 1.54) is 22.7 Å². The number of aromatic nitrogens is 2. The van der Waals surface area contributed by atoms with E-state index in [0.717, 1.165) is 30.5 Å². The number of likely N-dealkylation sites (N-methyl/N-ethyl adjacent to an activating group) is 1. The van der Waals surface area contributed by atoms with Crippen molar-refractivity contribution in [2.75, 3.05) is 13.6 Å². The summed E-state index contributed by atoms with van der Waals surface area (Å²) in [7, 11) is -1.91. The standard InChI is InChI=1S/C14H16N4O3S2/c1-18-7-10(13-11(5-6-22-13)23(18,20)21)15-14(19)12-8-3-2-4-9(8)16-17-12/h5-6,10H,2-4,7H2,1H3,(H,15,19)(H,16,17). The van der Waals surface area contributed by atoms with E-state index in [2.05, 4.69) is 15.5 Å². The Kier molecular flexibility index (Phi) is 3.33. The van der Waals surface area contributed by atoms with Gasteiger partial charge in [0.25, 0.3) is 5.91 Å². The van der Waals surface area contributed by atoms with Crippen molar-refractivity contribution in [3.63, 3.8) is 0 Å². The molecule has 0 spiro atoms. The summed E-state index contributed by atoms with van der Waals surface area (Å²) in [4.78, 5) is 13.5. The highest BCUT2D eigenvalue weighted by molar-refractivity contribution is 7.89. The van der Waals surface area contributed by atoms with Crippen LogP contribution in [-0.4, -0.2) is 42.4 Å². The number of aryl methyl sites for hydroxylation is 1. The lowest BCUT2D eigenvalue weighted by molar-refractivity contribution is 0.0925. The fourth-order valence-electron chi connectivity index (χ4n) is 3.23. The first-order chi connectivity index (χ1) is 11.0. The molecule has 0 saturated heterocycles. The van der Waals surface area contributed by atoms with E-state index in [0.29, 0.717) is 10.6 Å². The van der Waals surface area contributed by atoms with E-state index >= 15 is 0 Å². The molecule has 9 heteroatoms. The van der Waals surface area contributed by atoms with Crippen molar-refractivity contribution < 1.29 is 13.2 Å². The molecule has 4 rings (SSSR count). The first-order valence-electron chi connectivity index (χ1n) is 7.39. The number of hydrogen-bond donors (Lipinski definition) is 2. The first kappa shape index (κ1) is 14.9. The predicted molar refractivity (Wildman–Crippen MR) is 85.0 cm³/mol. The van der Waals surface area contributed by atoms with Gasteiger partial charge in [0.15, 0.2) is 5.69 Å². The molecule has 1 amide bonds. The largest absolute Gasteiger partial charge is 0.342 e. The van der Waals surface area contributed by atoms with E-state index in [4.69, 9.17) is 0 Å². The summed E-state index contributed by atoms with van der Waals surface area (Å²) in [6.45, 7) is 0.230. The van der Waals surface area contributed by atoms with E-state index in [9.17, 15) is 13.2 Å². The average Bonchev–Trinajstić information content (AvgIpc) is 3.20. The van der Waals surface area contributed by atoms with Gasteiger partial charge >= 0.3 is 0 Å². The Morgan fingerprint density at radius 2 is 2.30 bits per heavy atom. The Balaban J connectivity index is 1.63. The SMILES string of the molecule is CN1CC(NC(=O)c2n[nH]c3c2CCC3)c2sccc2S1(=O)=O. The highest BCUT2D eigenvalue weighted by Gasteiger charge is 2.37. The zero-order valence-corrected chi connectivity index (χ0v) is 14.1. The summed E-state index contributed by atoms with van der Waals surface area (Å²) in [5, 5.41) is 11.7. The zero-order chi connectivity index (χ0) is 16.2. The number of rotatable bonds is 2. The molecule has 7 nitrogen and oxygen atoms in total. The van der Waals surface area contributed by atoms with Gasteiger partial charge < -0.3 is 5.32 Å². The topological polar surface area (TPSA) is 95.2 Å². The third-order valence-corrected chi connectivity index (χ3v) is 7.47. The Bertz CT molecular complexity index is 884. The molecule has 0 saturated carbocycles. The number of fused-ring (bicyclic) bond motifs is 2. The van der Waals surface area contributed by atoms with Crippen LogP contribution < -0.4 is 5.32 Å². The van der Waals surface area contributed by atoms with Crippen LogP contribution in [0.4, 0.5) is 0 Å². The number of hydrogen-bond acceptors (Lipinski definition) is 5. The maximum absolute atomic E-state index is 12.6. The van der Waals surface area contributed by atoms with Crippen LogP contribution in [0.1, 0.15) is 39.1 Å². The number of carbonyl (C=O) groups is 1. The molecule has 2 aromatic heterocycles. The normalized spacial score (nSPS) is 22.6. The molecular weight excluding hydrogens is 336 g/mol. The summed E-state index contributed by atoms with van der Waals surface area (Å²) in [6.07, 6.45) is 2.82. The summed E-state index contributed by atoms with van der Waals surface area (Å²) < 4.78 is 25.8. The van der Waals surface area contributed by atoms with Crippen molar-refractivity contribution in [2.45, 2.75) is 30.2 Å². The van der Waals surface area contributed by atoms with Gasteiger partial charge in [0, 0.05) is 29.7 Å². The maximum atomic E-state index is 12.6. The molecule has 1 unspecified atom stereocenters. The second-order valence-corrected chi connectivity index (χ2v) is 8.80. The smallest absolute Gasteiger partial charge is 0.272 e. The monoisotopic (exact) mass is 352 g/mol. The Morgan fingerprint density at radius 1 is 1.48 bits per heavy atom. The molecule has 122 valence electrons. The second-order valence-electron chi connectivity index (χ2n) is 5.84. The number of aromatic amines is 1. The van der Waals surface area contributed by atoms with Crippen LogP contribution in [0.3, 0.4) is 0 Å². The highest BCUT2D eigenvalue weighted by atomic mass is 32.2. The van der Waals surface area contributed by atoms with Crippen molar-refractivity contribution in [1.29, 1.82) is 0 Å².